The SMILES string of the molecule is CCCNCCNCc1cc2c(s1)CCC2. The maximum Gasteiger partial charge on any atom is 0.0300 e. The molecule has 0 saturated heterocycles. The zero-order chi connectivity index (χ0) is 11.2. The highest BCUT2D eigenvalue weighted by molar-refractivity contribution is 7.12. The third-order valence-corrected chi connectivity index (χ3v) is 4.24. The van der Waals surface area contributed by atoms with Crippen LogP contribution in [0.5, 0.6) is 0 Å². The van der Waals surface area contributed by atoms with E-state index in [9.17, 15) is 0 Å². The Kier molecular flexibility index (Phi) is 4.82. The topological polar surface area (TPSA) is 24.1 Å². The van der Waals surface area contributed by atoms with Gasteiger partial charge in [0.05, 0.1) is 0 Å². The highest BCUT2D eigenvalue weighted by atomic mass is 32.1. The van der Waals surface area contributed by atoms with Crippen molar-refractivity contribution in [1.82, 2.24) is 10.6 Å². The third-order valence-electron chi connectivity index (χ3n) is 3.00. The first-order valence-electron chi connectivity index (χ1n) is 6.42. The summed E-state index contributed by atoms with van der Waals surface area (Å²) in [6.45, 7) is 6.54. The van der Waals surface area contributed by atoms with E-state index in [-0.39, 0.29) is 0 Å². The van der Waals surface area contributed by atoms with Crippen LogP contribution in [0.4, 0.5) is 0 Å². The van der Waals surface area contributed by atoms with Crippen LogP contribution in [0.2, 0.25) is 0 Å². The van der Waals surface area contributed by atoms with Crippen LogP contribution >= 0.6 is 11.3 Å². The van der Waals surface area contributed by atoms with Gasteiger partial charge >= 0.3 is 0 Å². The zero-order valence-corrected chi connectivity index (χ0v) is 11.0. The van der Waals surface area contributed by atoms with Crippen molar-refractivity contribution < 1.29 is 0 Å². The number of rotatable bonds is 7. The highest BCUT2D eigenvalue weighted by Gasteiger charge is 2.14. The van der Waals surface area contributed by atoms with Crippen molar-refractivity contribution in [2.45, 2.75) is 39.2 Å². The number of nitrogens with one attached hydrogen (secondary N) is 2. The minimum absolute atomic E-state index is 1.05. The molecule has 0 bridgehead atoms. The molecule has 0 radical (unpaired) electrons. The lowest BCUT2D eigenvalue weighted by Crippen LogP contribution is -2.27. The Morgan fingerprint density at radius 1 is 1.19 bits per heavy atom. The van der Waals surface area contributed by atoms with E-state index >= 15 is 0 Å². The summed E-state index contributed by atoms with van der Waals surface area (Å²) < 4.78 is 0. The number of thiophene rings is 1. The van der Waals surface area contributed by atoms with Gasteiger partial charge in [0.15, 0.2) is 0 Å². The largest absolute Gasteiger partial charge is 0.315 e. The molecule has 2 N–H and O–H groups in total. The molecule has 0 aromatic carbocycles. The Labute approximate surface area is 102 Å². The molecule has 0 amide bonds. The van der Waals surface area contributed by atoms with Crippen LogP contribution in [0, 0.1) is 0 Å². The maximum absolute atomic E-state index is 3.50. The Morgan fingerprint density at radius 2 is 2.06 bits per heavy atom. The van der Waals surface area contributed by atoms with Crippen molar-refractivity contribution in [3.63, 3.8) is 0 Å². The van der Waals surface area contributed by atoms with Crippen LogP contribution in [0.1, 0.15) is 35.1 Å². The summed E-state index contributed by atoms with van der Waals surface area (Å²) >= 11 is 2.01. The normalized spacial score (nSPS) is 14.3. The summed E-state index contributed by atoms with van der Waals surface area (Å²) in [5.41, 5.74) is 1.62. The average molecular weight is 238 g/mol. The molecule has 0 spiro atoms. The molecule has 0 saturated carbocycles. The van der Waals surface area contributed by atoms with Crippen molar-refractivity contribution in [2.75, 3.05) is 19.6 Å². The molecule has 1 aromatic heterocycles. The summed E-state index contributed by atoms with van der Waals surface area (Å²) in [7, 11) is 0. The standard InChI is InChI=1S/C13H22N2S/c1-2-6-14-7-8-15-10-12-9-11-4-3-5-13(11)16-12/h9,14-15H,2-8,10H2,1H3. The second-order valence-corrected chi connectivity index (χ2v) is 5.66. The molecular formula is C13H22N2S. The lowest BCUT2D eigenvalue weighted by molar-refractivity contribution is 0.609. The van der Waals surface area contributed by atoms with E-state index in [1.54, 1.807) is 10.4 Å². The third kappa shape index (κ3) is 3.30. The van der Waals surface area contributed by atoms with E-state index in [2.05, 4.69) is 23.6 Å². The molecule has 90 valence electrons. The second-order valence-electron chi connectivity index (χ2n) is 4.44. The van der Waals surface area contributed by atoms with Gasteiger partial charge in [0.2, 0.25) is 0 Å². The van der Waals surface area contributed by atoms with E-state index in [1.165, 1.54) is 30.6 Å². The molecule has 1 aromatic rings. The van der Waals surface area contributed by atoms with Gasteiger partial charge in [-0.2, -0.15) is 0 Å². The van der Waals surface area contributed by atoms with E-state index in [4.69, 9.17) is 0 Å². The van der Waals surface area contributed by atoms with Crippen molar-refractivity contribution in [1.29, 1.82) is 0 Å². The van der Waals surface area contributed by atoms with E-state index in [0.29, 0.717) is 0 Å². The van der Waals surface area contributed by atoms with Crippen LogP contribution in [0.25, 0.3) is 0 Å². The average Bonchev–Trinajstić information content (AvgIpc) is 2.83. The molecule has 16 heavy (non-hydrogen) atoms. The number of fused-ring (bicyclic) bond motifs is 1. The lowest BCUT2D eigenvalue weighted by atomic mass is 10.2. The molecule has 2 rings (SSSR count). The Bertz CT molecular complexity index is 298. The van der Waals surface area contributed by atoms with Gasteiger partial charge in [-0.1, -0.05) is 6.92 Å². The molecule has 1 aliphatic carbocycles. The fourth-order valence-electron chi connectivity index (χ4n) is 2.17. The maximum atomic E-state index is 3.50. The summed E-state index contributed by atoms with van der Waals surface area (Å²) in [6.07, 6.45) is 5.22. The van der Waals surface area contributed by atoms with Crippen LogP contribution in [0.3, 0.4) is 0 Å². The number of hydrogen-bond donors (Lipinski definition) is 2. The molecule has 3 heteroatoms. The Hall–Kier alpha value is -0.380. The minimum atomic E-state index is 1.05. The number of aryl methyl sites for hydroxylation is 2. The summed E-state index contributed by atoms with van der Waals surface area (Å²) in [6, 6.07) is 2.40. The molecule has 0 atom stereocenters. The quantitative estimate of drug-likeness (QED) is 0.712. The summed E-state index contributed by atoms with van der Waals surface area (Å²) in [5, 5.41) is 6.90. The van der Waals surface area contributed by atoms with Crippen LogP contribution < -0.4 is 10.6 Å². The monoisotopic (exact) mass is 238 g/mol. The predicted molar refractivity (Wildman–Crippen MR) is 71.2 cm³/mol. The van der Waals surface area contributed by atoms with Gasteiger partial charge in [0.1, 0.15) is 0 Å². The fourth-order valence-corrected chi connectivity index (χ4v) is 3.40. The van der Waals surface area contributed by atoms with Gasteiger partial charge < -0.3 is 10.6 Å². The van der Waals surface area contributed by atoms with Crippen LogP contribution in [0.15, 0.2) is 6.07 Å². The predicted octanol–water partition coefficient (Wildman–Crippen LogP) is 2.33. The summed E-state index contributed by atoms with van der Waals surface area (Å²) in [5.74, 6) is 0. The van der Waals surface area contributed by atoms with E-state index in [0.717, 1.165) is 26.2 Å². The summed E-state index contributed by atoms with van der Waals surface area (Å²) in [4.78, 5) is 3.15. The lowest BCUT2D eigenvalue weighted by Gasteiger charge is -2.04. The zero-order valence-electron chi connectivity index (χ0n) is 10.1. The van der Waals surface area contributed by atoms with E-state index in [1.807, 2.05) is 11.3 Å². The van der Waals surface area contributed by atoms with Gasteiger partial charge in [0.25, 0.3) is 0 Å². The van der Waals surface area contributed by atoms with Crippen molar-refractivity contribution in [3.8, 4) is 0 Å². The van der Waals surface area contributed by atoms with Crippen molar-refractivity contribution in [3.05, 3.63) is 21.4 Å². The molecule has 1 aliphatic rings. The van der Waals surface area contributed by atoms with Crippen molar-refractivity contribution in [2.24, 2.45) is 0 Å². The molecule has 0 unspecified atom stereocenters. The highest BCUT2D eigenvalue weighted by Crippen LogP contribution is 2.30. The number of hydrogen-bond acceptors (Lipinski definition) is 3. The second kappa shape index (κ2) is 6.38. The molecule has 0 fully saturated rings. The van der Waals surface area contributed by atoms with Crippen LogP contribution in [-0.4, -0.2) is 19.6 Å². The smallest absolute Gasteiger partial charge is 0.0300 e. The minimum Gasteiger partial charge on any atom is -0.315 e. The Morgan fingerprint density at radius 3 is 2.88 bits per heavy atom. The first kappa shape index (κ1) is 12.1. The van der Waals surface area contributed by atoms with Gasteiger partial charge in [-0.05, 0) is 43.9 Å². The van der Waals surface area contributed by atoms with Gasteiger partial charge in [0, 0.05) is 29.4 Å². The molecule has 0 aliphatic heterocycles. The van der Waals surface area contributed by atoms with Crippen molar-refractivity contribution >= 4 is 11.3 Å². The molecule has 1 heterocycles. The molecule has 2 nitrogen and oxygen atoms in total. The van der Waals surface area contributed by atoms with Crippen LogP contribution in [-0.2, 0) is 19.4 Å². The fraction of sp³-hybridized carbons (Fsp3) is 0.692. The van der Waals surface area contributed by atoms with Gasteiger partial charge in [-0.25, -0.2) is 0 Å². The Balaban J connectivity index is 1.62. The van der Waals surface area contributed by atoms with Gasteiger partial charge in [-0.15, -0.1) is 11.3 Å². The van der Waals surface area contributed by atoms with Gasteiger partial charge in [-0.3, -0.25) is 0 Å². The van der Waals surface area contributed by atoms with E-state index < -0.39 is 0 Å². The first-order chi connectivity index (χ1) is 7.90. The molecular weight excluding hydrogens is 216 g/mol. The first-order valence-corrected chi connectivity index (χ1v) is 7.23.